The zero-order valence-electron chi connectivity index (χ0n) is 12.1. The Morgan fingerprint density at radius 3 is 2.95 bits per heavy atom. The lowest BCUT2D eigenvalue weighted by Gasteiger charge is -2.33. The van der Waals surface area contributed by atoms with E-state index in [2.05, 4.69) is 5.32 Å². The molecule has 0 spiro atoms. The Labute approximate surface area is 137 Å². The molecule has 0 bridgehead atoms. The lowest BCUT2D eigenvalue weighted by Crippen LogP contribution is -2.53. The van der Waals surface area contributed by atoms with Gasteiger partial charge in [-0.2, -0.15) is 5.06 Å². The van der Waals surface area contributed by atoms with Crippen molar-refractivity contribution in [1.82, 2.24) is 15.4 Å². The second-order valence-electron chi connectivity index (χ2n) is 5.12. The number of rotatable bonds is 7. The van der Waals surface area contributed by atoms with E-state index in [9.17, 15) is 20.3 Å². The first-order valence-corrected chi connectivity index (χ1v) is 9.47. The van der Waals surface area contributed by atoms with Crippen LogP contribution in [0.1, 0.15) is 19.3 Å². The predicted molar refractivity (Wildman–Crippen MR) is 86.5 cm³/mol. The molecule has 0 radical (unpaired) electrons. The molecule has 0 amide bonds. The first kappa shape index (κ1) is 17.6. The van der Waals surface area contributed by atoms with Crippen molar-refractivity contribution < 1.29 is 20.3 Å². The summed E-state index contributed by atoms with van der Waals surface area (Å²) in [6.07, 6.45) is 7.78. The molecule has 2 rings (SSSR count). The van der Waals surface area contributed by atoms with Crippen molar-refractivity contribution in [2.24, 2.45) is 0 Å². The topological polar surface area (TPSA) is 96.3 Å². The van der Waals surface area contributed by atoms with E-state index in [1.54, 1.807) is 6.08 Å². The van der Waals surface area contributed by atoms with Gasteiger partial charge < -0.3 is 10.3 Å². The molecule has 2 heterocycles. The van der Waals surface area contributed by atoms with Gasteiger partial charge in [-0.05, 0) is 36.1 Å². The molecule has 1 unspecified atom stereocenters. The summed E-state index contributed by atoms with van der Waals surface area (Å²) in [5, 5.41) is 34.7. The Morgan fingerprint density at radius 2 is 2.27 bits per heavy atom. The molecular weight excluding hydrogens is 326 g/mol. The normalized spacial score (nSPS) is 24.2. The third-order valence-electron chi connectivity index (χ3n) is 3.45. The number of carboxylic acids is 1. The molecule has 7 nitrogen and oxygen atoms in total. The van der Waals surface area contributed by atoms with Crippen LogP contribution in [-0.2, 0) is 4.79 Å². The number of piperidine rings is 1. The van der Waals surface area contributed by atoms with Gasteiger partial charge in [-0.1, -0.05) is 22.9 Å². The van der Waals surface area contributed by atoms with Crippen LogP contribution in [0.4, 0.5) is 0 Å². The summed E-state index contributed by atoms with van der Waals surface area (Å²) in [5.74, 6) is -0.607. The summed E-state index contributed by atoms with van der Waals surface area (Å²) in [4.78, 5) is 11.4. The summed E-state index contributed by atoms with van der Waals surface area (Å²) >= 11 is 0. The first-order chi connectivity index (χ1) is 10.6. The van der Waals surface area contributed by atoms with Crippen molar-refractivity contribution in [2.45, 2.75) is 31.5 Å². The zero-order chi connectivity index (χ0) is 15.9. The minimum absolute atomic E-state index is 0.313. The van der Waals surface area contributed by atoms with Gasteiger partial charge >= 0.3 is 5.97 Å². The van der Waals surface area contributed by atoms with Crippen LogP contribution in [0.5, 0.6) is 0 Å². The average molecular weight is 347 g/mol. The van der Waals surface area contributed by atoms with Crippen molar-refractivity contribution in [1.29, 1.82) is 0 Å². The van der Waals surface area contributed by atoms with Gasteiger partial charge in [-0.15, -0.1) is 0 Å². The van der Waals surface area contributed by atoms with E-state index in [1.165, 1.54) is 26.7 Å². The van der Waals surface area contributed by atoms with E-state index in [-0.39, 0.29) is 6.17 Å². The molecule has 2 aliphatic rings. The fourth-order valence-corrected chi connectivity index (χ4v) is 4.49. The first-order valence-electron chi connectivity index (χ1n) is 7.15. The molecule has 2 aliphatic heterocycles. The number of hydrogen-bond acceptors (Lipinski definition) is 8. The quantitative estimate of drug-likeness (QED) is 0.513. The number of nitrogens with zero attached hydrogens (tertiary/aromatic N) is 2. The lowest BCUT2D eigenvalue weighted by molar-refractivity contribution is -0.158. The standard InChI is InChI=1S/C13H21N3O4S2/c17-13(18)10(14-11-5-1-3-7-15(11)19)9-21-22-12-6-2-4-8-16(12)20/h2,4,6,10-11,14,19-20H,1,3,5,7-9H2,(H,17,18)/t10-,11?/m0/s1. The highest BCUT2D eigenvalue weighted by Gasteiger charge is 2.27. The molecule has 1 fully saturated rings. The van der Waals surface area contributed by atoms with Crippen LogP contribution in [-0.4, -0.2) is 62.7 Å². The maximum Gasteiger partial charge on any atom is 0.321 e. The van der Waals surface area contributed by atoms with Crippen LogP contribution in [0.3, 0.4) is 0 Å². The second kappa shape index (κ2) is 8.80. The van der Waals surface area contributed by atoms with Gasteiger partial charge in [0.25, 0.3) is 0 Å². The lowest BCUT2D eigenvalue weighted by atomic mass is 10.1. The molecular formula is C13H21N3O4S2. The number of carbonyl (C=O) groups is 1. The Kier molecular flexibility index (Phi) is 7.06. The third kappa shape index (κ3) is 5.18. The van der Waals surface area contributed by atoms with Gasteiger partial charge in [0.1, 0.15) is 11.1 Å². The van der Waals surface area contributed by atoms with Gasteiger partial charge in [-0.3, -0.25) is 15.3 Å². The second-order valence-corrected chi connectivity index (χ2v) is 7.48. The summed E-state index contributed by atoms with van der Waals surface area (Å²) in [6.45, 7) is 0.992. The van der Waals surface area contributed by atoms with E-state index in [4.69, 9.17) is 0 Å². The Hall–Kier alpha value is -0.710. The maximum absolute atomic E-state index is 11.4. The van der Waals surface area contributed by atoms with Crippen molar-refractivity contribution >= 4 is 27.6 Å². The van der Waals surface area contributed by atoms with Crippen LogP contribution < -0.4 is 5.32 Å². The SMILES string of the molecule is O=C(O)[C@H](CSSC1=CC=CCN1O)NC1CCCCN1O. The van der Waals surface area contributed by atoms with Crippen molar-refractivity contribution in [3.63, 3.8) is 0 Å². The molecule has 0 aliphatic carbocycles. The van der Waals surface area contributed by atoms with Gasteiger partial charge in [0, 0.05) is 12.3 Å². The number of hydroxylamine groups is 4. The highest BCUT2D eigenvalue weighted by Crippen LogP contribution is 2.33. The summed E-state index contributed by atoms with van der Waals surface area (Å²) < 4.78 is 0. The summed E-state index contributed by atoms with van der Waals surface area (Å²) in [7, 11) is 2.70. The van der Waals surface area contributed by atoms with E-state index in [0.717, 1.165) is 24.3 Å². The van der Waals surface area contributed by atoms with Crippen LogP contribution in [0.15, 0.2) is 23.3 Å². The average Bonchev–Trinajstić information content (AvgIpc) is 2.50. The third-order valence-corrected chi connectivity index (χ3v) is 5.83. The summed E-state index contributed by atoms with van der Waals surface area (Å²) in [5.41, 5.74) is 0. The van der Waals surface area contributed by atoms with Crippen molar-refractivity contribution in [3.8, 4) is 0 Å². The minimum atomic E-state index is -0.939. The molecule has 0 aromatic rings. The predicted octanol–water partition coefficient (Wildman–Crippen LogP) is 1.71. The van der Waals surface area contributed by atoms with E-state index < -0.39 is 12.0 Å². The fourth-order valence-electron chi connectivity index (χ4n) is 2.23. The van der Waals surface area contributed by atoms with Crippen molar-refractivity contribution in [3.05, 3.63) is 23.3 Å². The Balaban J connectivity index is 1.80. The number of nitrogens with one attached hydrogen (secondary N) is 1. The molecule has 0 saturated carbocycles. The van der Waals surface area contributed by atoms with Gasteiger partial charge in [0.15, 0.2) is 0 Å². The van der Waals surface area contributed by atoms with Crippen LogP contribution in [0, 0.1) is 0 Å². The molecule has 0 aromatic carbocycles. The monoisotopic (exact) mass is 347 g/mol. The molecule has 4 N–H and O–H groups in total. The number of carboxylic acid groups (broad SMARTS) is 1. The number of allylic oxidation sites excluding steroid dienone is 2. The van der Waals surface area contributed by atoms with Crippen LogP contribution >= 0.6 is 21.6 Å². The highest BCUT2D eigenvalue weighted by molar-refractivity contribution is 8.78. The molecule has 1 saturated heterocycles. The summed E-state index contributed by atoms with van der Waals surface area (Å²) in [6, 6.07) is -0.748. The van der Waals surface area contributed by atoms with E-state index >= 15 is 0 Å². The van der Waals surface area contributed by atoms with Crippen LogP contribution in [0.2, 0.25) is 0 Å². The van der Waals surface area contributed by atoms with Crippen LogP contribution in [0.25, 0.3) is 0 Å². The number of aliphatic carboxylic acids is 1. The van der Waals surface area contributed by atoms with Gasteiger partial charge in [0.2, 0.25) is 0 Å². The molecule has 0 aromatic heterocycles. The van der Waals surface area contributed by atoms with Crippen molar-refractivity contribution in [2.75, 3.05) is 18.8 Å². The highest BCUT2D eigenvalue weighted by atomic mass is 33.1. The van der Waals surface area contributed by atoms with E-state index in [0.29, 0.717) is 23.9 Å². The van der Waals surface area contributed by atoms with E-state index in [1.807, 2.05) is 12.2 Å². The molecule has 2 atom stereocenters. The Bertz CT molecular complexity index is 447. The maximum atomic E-state index is 11.4. The minimum Gasteiger partial charge on any atom is -0.480 e. The van der Waals surface area contributed by atoms with Gasteiger partial charge in [0.05, 0.1) is 12.7 Å². The number of hydrogen-bond donors (Lipinski definition) is 4. The zero-order valence-corrected chi connectivity index (χ0v) is 13.7. The largest absolute Gasteiger partial charge is 0.480 e. The Morgan fingerprint density at radius 1 is 1.45 bits per heavy atom. The molecule has 9 heteroatoms. The molecule has 22 heavy (non-hydrogen) atoms. The fraction of sp³-hybridized carbons (Fsp3) is 0.615. The smallest absolute Gasteiger partial charge is 0.321 e. The van der Waals surface area contributed by atoms with Gasteiger partial charge in [-0.25, -0.2) is 5.06 Å². The molecule has 124 valence electrons.